The monoisotopic (exact) mass is 509 g/mol. The Morgan fingerprint density at radius 1 is 1.16 bits per heavy atom. The number of pyridine rings is 1. The van der Waals surface area contributed by atoms with Gasteiger partial charge in [0.2, 0.25) is 5.88 Å². The van der Waals surface area contributed by atoms with Crippen molar-refractivity contribution in [2.24, 2.45) is 0 Å². The van der Waals surface area contributed by atoms with Crippen molar-refractivity contribution in [3.8, 4) is 23.6 Å². The first-order valence-electron chi connectivity index (χ1n) is 12.0. The fourth-order valence-corrected chi connectivity index (χ4v) is 4.15. The van der Waals surface area contributed by atoms with E-state index in [1.165, 1.54) is 0 Å². The zero-order valence-corrected chi connectivity index (χ0v) is 20.6. The van der Waals surface area contributed by atoms with Gasteiger partial charge < -0.3 is 19.9 Å². The summed E-state index contributed by atoms with van der Waals surface area (Å²) in [4.78, 5) is 9.35. The van der Waals surface area contributed by atoms with E-state index in [2.05, 4.69) is 25.6 Å². The SMILES string of the molecule is Cc1cc(C#N)nn1-c1nc(-n2cnc3cc(Nc4ccc(OC5COC5)nn4)ccc32)ccc1C(C)O. The van der Waals surface area contributed by atoms with Crippen LogP contribution in [0.3, 0.4) is 0 Å². The minimum Gasteiger partial charge on any atom is -0.468 e. The van der Waals surface area contributed by atoms with Crippen LogP contribution in [0.1, 0.15) is 30.0 Å². The average molecular weight is 510 g/mol. The van der Waals surface area contributed by atoms with Crippen LogP contribution in [0.2, 0.25) is 0 Å². The zero-order valence-electron chi connectivity index (χ0n) is 20.6. The van der Waals surface area contributed by atoms with E-state index in [0.29, 0.717) is 42.1 Å². The molecule has 2 N–H and O–H groups in total. The van der Waals surface area contributed by atoms with Gasteiger partial charge >= 0.3 is 0 Å². The van der Waals surface area contributed by atoms with E-state index in [1.54, 1.807) is 42.2 Å². The lowest BCUT2D eigenvalue weighted by Gasteiger charge is -2.25. The van der Waals surface area contributed by atoms with Crippen LogP contribution in [-0.4, -0.2) is 58.9 Å². The average Bonchev–Trinajstić information content (AvgIpc) is 3.49. The largest absolute Gasteiger partial charge is 0.468 e. The van der Waals surface area contributed by atoms with E-state index in [1.807, 2.05) is 41.8 Å². The van der Waals surface area contributed by atoms with Crippen molar-refractivity contribution in [2.45, 2.75) is 26.1 Å². The fraction of sp³-hybridized carbons (Fsp3) is 0.231. The number of aliphatic hydroxyl groups excluding tert-OH is 1. The van der Waals surface area contributed by atoms with Crippen molar-refractivity contribution in [1.82, 2.24) is 34.5 Å². The number of nitrogens with one attached hydrogen (secondary N) is 1. The van der Waals surface area contributed by atoms with Gasteiger partial charge in [-0.1, -0.05) is 0 Å². The number of hydrogen-bond acceptors (Lipinski definition) is 10. The highest BCUT2D eigenvalue weighted by Crippen LogP contribution is 2.27. The predicted molar refractivity (Wildman–Crippen MR) is 137 cm³/mol. The second-order valence-electron chi connectivity index (χ2n) is 8.93. The molecule has 12 heteroatoms. The molecule has 0 saturated carbocycles. The van der Waals surface area contributed by atoms with Crippen LogP contribution >= 0.6 is 0 Å². The zero-order chi connectivity index (χ0) is 26.2. The molecule has 1 fully saturated rings. The summed E-state index contributed by atoms with van der Waals surface area (Å²) in [6.45, 7) is 4.64. The molecule has 0 aliphatic carbocycles. The third-order valence-corrected chi connectivity index (χ3v) is 6.14. The van der Waals surface area contributed by atoms with Crippen LogP contribution in [0, 0.1) is 18.3 Å². The summed E-state index contributed by atoms with van der Waals surface area (Å²) in [7, 11) is 0. The van der Waals surface area contributed by atoms with Crippen molar-refractivity contribution in [3.05, 3.63) is 71.8 Å². The van der Waals surface area contributed by atoms with Crippen molar-refractivity contribution in [3.63, 3.8) is 0 Å². The maximum atomic E-state index is 10.3. The smallest absolute Gasteiger partial charge is 0.233 e. The summed E-state index contributed by atoms with van der Waals surface area (Å²) in [5, 5.41) is 35.5. The van der Waals surface area contributed by atoms with Crippen LogP contribution in [0.4, 0.5) is 11.5 Å². The Labute approximate surface area is 217 Å². The summed E-state index contributed by atoms with van der Waals surface area (Å²) in [6, 6.07) is 16.7. The first-order valence-corrected chi connectivity index (χ1v) is 12.0. The van der Waals surface area contributed by atoms with E-state index < -0.39 is 6.10 Å². The molecule has 12 nitrogen and oxygen atoms in total. The fourth-order valence-electron chi connectivity index (χ4n) is 4.15. The number of aromatic nitrogens is 7. The second-order valence-corrected chi connectivity index (χ2v) is 8.93. The van der Waals surface area contributed by atoms with E-state index in [-0.39, 0.29) is 11.8 Å². The number of aliphatic hydroxyl groups is 1. The first kappa shape index (κ1) is 23.5. The number of nitrogens with zero attached hydrogens (tertiary/aromatic N) is 8. The van der Waals surface area contributed by atoms with Crippen molar-refractivity contribution < 1.29 is 14.6 Å². The Hall–Kier alpha value is -4.86. The number of anilines is 2. The van der Waals surface area contributed by atoms with Gasteiger partial charge in [-0.3, -0.25) is 4.57 Å². The molecule has 38 heavy (non-hydrogen) atoms. The van der Waals surface area contributed by atoms with Gasteiger partial charge in [0, 0.05) is 23.0 Å². The Kier molecular flexibility index (Phi) is 5.91. The molecule has 0 spiro atoms. The minimum absolute atomic E-state index is 0.0352. The van der Waals surface area contributed by atoms with Crippen LogP contribution in [-0.2, 0) is 4.74 Å². The minimum atomic E-state index is -0.773. The van der Waals surface area contributed by atoms with Crippen LogP contribution < -0.4 is 10.1 Å². The molecule has 0 bridgehead atoms. The summed E-state index contributed by atoms with van der Waals surface area (Å²) in [6.07, 6.45) is 0.952. The van der Waals surface area contributed by atoms with Gasteiger partial charge in [0.1, 0.15) is 24.3 Å². The van der Waals surface area contributed by atoms with Gasteiger partial charge in [-0.15, -0.1) is 10.2 Å². The molecule has 5 heterocycles. The van der Waals surface area contributed by atoms with Crippen LogP contribution in [0.25, 0.3) is 22.7 Å². The summed E-state index contributed by atoms with van der Waals surface area (Å²) in [5.74, 6) is 2.08. The van der Waals surface area contributed by atoms with E-state index in [0.717, 1.165) is 22.4 Å². The Bertz CT molecular complexity index is 1660. The molecule has 5 aromatic rings. The molecule has 190 valence electrons. The Balaban J connectivity index is 1.28. The quantitative estimate of drug-likeness (QED) is 0.335. The maximum absolute atomic E-state index is 10.3. The van der Waals surface area contributed by atoms with E-state index >= 15 is 0 Å². The standard InChI is InChI=1S/C26H23N9O3/c1-15-9-18(11-27)33-35(15)26-20(16(2)36)4-7-24(30-26)34-14-28-21-10-17(3-5-22(21)34)29-23-6-8-25(32-31-23)38-19-12-37-13-19/h3-10,14,16,19,36H,12-13H2,1-2H3,(H,29,31). The number of nitriles is 1. The molecule has 0 radical (unpaired) electrons. The van der Waals surface area contributed by atoms with Crippen LogP contribution in [0.5, 0.6) is 5.88 Å². The number of fused-ring (bicyclic) bond motifs is 1. The summed E-state index contributed by atoms with van der Waals surface area (Å²) in [5.41, 5.74) is 3.99. The summed E-state index contributed by atoms with van der Waals surface area (Å²) < 4.78 is 14.2. The van der Waals surface area contributed by atoms with Crippen LogP contribution in [0.15, 0.2) is 54.9 Å². The first-order chi connectivity index (χ1) is 18.5. The highest BCUT2D eigenvalue weighted by atomic mass is 16.6. The molecule has 6 rings (SSSR count). The third kappa shape index (κ3) is 4.40. The molecular weight excluding hydrogens is 486 g/mol. The molecule has 1 atom stereocenters. The molecule has 0 amide bonds. The van der Waals surface area contributed by atoms with Gasteiger partial charge in [0.15, 0.2) is 17.3 Å². The number of ether oxygens (including phenoxy) is 2. The van der Waals surface area contributed by atoms with Gasteiger partial charge in [0.05, 0.1) is 30.4 Å². The van der Waals surface area contributed by atoms with Gasteiger partial charge in [-0.05, 0) is 56.3 Å². The molecule has 4 aromatic heterocycles. The highest BCUT2D eigenvalue weighted by molar-refractivity contribution is 5.82. The van der Waals surface area contributed by atoms with Gasteiger partial charge in [0.25, 0.3) is 0 Å². The number of rotatable bonds is 7. The maximum Gasteiger partial charge on any atom is 0.233 e. The number of imidazole rings is 1. The molecular formula is C26H23N9O3. The lowest BCUT2D eigenvalue weighted by Crippen LogP contribution is -2.38. The lowest BCUT2D eigenvalue weighted by atomic mass is 10.1. The Morgan fingerprint density at radius 3 is 2.71 bits per heavy atom. The molecule has 1 aromatic carbocycles. The molecule has 1 unspecified atom stereocenters. The number of benzene rings is 1. The summed E-state index contributed by atoms with van der Waals surface area (Å²) >= 11 is 0. The second kappa shape index (κ2) is 9.55. The molecule has 1 aliphatic heterocycles. The lowest BCUT2D eigenvalue weighted by molar-refractivity contribution is -0.0816. The van der Waals surface area contributed by atoms with Crippen molar-refractivity contribution in [1.29, 1.82) is 5.26 Å². The predicted octanol–water partition coefficient (Wildman–Crippen LogP) is 3.15. The van der Waals surface area contributed by atoms with E-state index in [4.69, 9.17) is 14.5 Å². The topological polar surface area (TPSA) is 149 Å². The number of hydrogen-bond donors (Lipinski definition) is 2. The number of aryl methyl sites for hydroxylation is 1. The van der Waals surface area contributed by atoms with Gasteiger partial charge in [-0.2, -0.15) is 10.4 Å². The third-order valence-electron chi connectivity index (χ3n) is 6.14. The molecule has 1 aliphatic rings. The van der Waals surface area contributed by atoms with Crippen molar-refractivity contribution >= 4 is 22.5 Å². The Morgan fingerprint density at radius 2 is 2.03 bits per heavy atom. The highest BCUT2D eigenvalue weighted by Gasteiger charge is 2.21. The normalized spacial score (nSPS) is 14.2. The van der Waals surface area contributed by atoms with Crippen molar-refractivity contribution in [2.75, 3.05) is 18.5 Å². The molecule has 1 saturated heterocycles. The van der Waals surface area contributed by atoms with E-state index in [9.17, 15) is 10.4 Å². The van der Waals surface area contributed by atoms with Gasteiger partial charge in [-0.25, -0.2) is 14.6 Å².